The standard InChI is InChI=1S/C15H21N/c1-3-12-4-6-13(7-5-12)15-8-14(9-15,10-15)11-16-2/h4-7,16H,3,8-11H2,1-2H3. The van der Waals surface area contributed by atoms with Gasteiger partial charge in [0.15, 0.2) is 0 Å². The molecule has 0 aliphatic heterocycles. The van der Waals surface area contributed by atoms with E-state index in [0.29, 0.717) is 10.8 Å². The van der Waals surface area contributed by atoms with Crippen LogP contribution in [-0.2, 0) is 11.8 Å². The lowest BCUT2D eigenvalue weighted by Crippen LogP contribution is -2.67. The molecule has 0 heterocycles. The Hall–Kier alpha value is -0.820. The van der Waals surface area contributed by atoms with Crippen LogP contribution >= 0.6 is 0 Å². The van der Waals surface area contributed by atoms with Gasteiger partial charge in [-0.25, -0.2) is 0 Å². The predicted octanol–water partition coefficient (Wildman–Crippen LogP) is 2.89. The van der Waals surface area contributed by atoms with Gasteiger partial charge in [-0.3, -0.25) is 0 Å². The molecular formula is C15H21N. The molecule has 0 radical (unpaired) electrons. The monoisotopic (exact) mass is 215 g/mol. The molecule has 1 N–H and O–H groups in total. The molecule has 0 aromatic heterocycles. The first-order chi connectivity index (χ1) is 7.72. The van der Waals surface area contributed by atoms with Crippen LogP contribution in [0.25, 0.3) is 0 Å². The molecule has 0 amide bonds. The van der Waals surface area contributed by atoms with Gasteiger partial charge in [-0.2, -0.15) is 0 Å². The Balaban J connectivity index is 1.72. The van der Waals surface area contributed by atoms with E-state index in [4.69, 9.17) is 0 Å². The SMILES string of the molecule is CCc1ccc(C23CC(CNC)(C2)C3)cc1. The molecule has 1 aromatic rings. The minimum absolute atomic E-state index is 0.573. The van der Waals surface area contributed by atoms with Crippen molar-refractivity contribution < 1.29 is 0 Å². The van der Waals surface area contributed by atoms with Crippen LogP contribution in [0, 0.1) is 5.41 Å². The Morgan fingerprint density at radius 3 is 2.25 bits per heavy atom. The molecule has 3 saturated carbocycles. The fraction of sp³-hybridized carbons (Fsp3) is 0.600. The van der Waals surface area contributed by atoms with Crippen LogP contribution in [0.4, 0.5) is 0 Å². The van der Waals surface area contributed by atoms with Crippen molar-refractivity contribution in [3.05, 3.63) is 35.4 Å². The zero-order valence-electron chi connectivity index (χ0n) is 10.3. The van der Waals surface area contributed by atoms with E-state index in [9.17, 15) is 0 Å². The summed E-state index contributed by atoms with van der Waals surface area (Å²) in [5, 5.41) is 3.33. The molecule has 86 valence electrons. The maximum atomic E-state index is 3.33. The minimum Gasteiger partial charge on any atom is -0.319 e. The van der Waals surface area contributed by atoms with Crippen molar-refractivity contribution in [1.82, 2.24) is 5.32 Å². The highest BCUT2D eigenvalue weighted by Gasteiger charge is 2.67. The molecule has 4 rings (SSSR count). The maximum Gasteiger partial charge on any atom is 0.000577 e. The minimum atomic E-state index is 0.573. The van der Waals surface area contributed by atoms with E-state index < -0.39 is 0 Å². The number of rotatable bonds is 4. The normalized spacial score (nSPS) is 35.4. The molecule has 0 spiro atoms. The lowest BCUT2D eigenvalue weighted by Gasteiger charge is -2.71. The van der Waals surface area contributed by atoms with Crippen LogP contribution in [0.5, 0.6) is 0 Å². The first kappa shape index (κ1) is 10.3. The first-order valence-electron chi connectivity index (χ1n) is 6.46. The smallest absolute Gasteiger partial charge is 0.000577 e. The number of benzene rings is 1. The molecular weight excluding hydrogens is 194 g/mol. The second kappa shape index (κ2) is 3.33. The summed E-state index contributed by atoms with van der Waals surface area (Å²) in [6, 6.07) is 9.34. The number of hydrogen-bond donors (Lipinski definition) is 1. The maximum absolute atomic E-state index is 3.33. The van der Waals surface area contributed by atoms with Gasteiger partial charge in [-0.15, -0.1) is 0 Å². The Bertz CT molecular complexity index is 371. The molecule has 16 heavy (non-hydrogen) atoms. The van der Waals surface area contributed by atoms with Gasteiger partial charge in [-0.05, 0) is 54.7 Å². The van der Waals surface area contributed by atoms with Gasteiger partial charge in [0.1, 0.15) is 0 Å². The second-order valence-corrected chi connectivity index (χ2v) is 5.89. The highest BCUT2D eigenvalue weighted by atomic mass is 14.9. The average molecular weight is 215 g/mol. The zero-order valence-corrected chi connectivity index (χ0v) is 10.3. The molecule has 2 bridgehead atoms. The van der Waals surface area contributed by atoms with Gasteiger partial charge >= 0.3 is 0 Å². The van der Waals surface area contributed by atoms with Crippen molar-refractivity contribution in [2.24, 2.45) is 5.41 Å². The van der Waals surface area contributed by atoms with E-state index in [0.717, 1.165) is 6.42 Å². The Labute approximate surface area is 98.3 Å². The van der Waals surface area contributed by atoms with Gasteiger partial charge < -0.3 is 5.32 Å². The highest BCUT2D eigenvalue weighted by molar-refractivity contribution is 5.40. The van der Waals surface area contributed by atoms with Crippen LogP contribution < -0.4 is 5.32 Å². The summed E-state index contributed by atoms with van der Waals surface area (Å²) in [6.07, 6.45) is 5.38. The molecule has 0 atom stereocenters. The topological polar surface area (TPSA) is 12.0 Å². The molecule has 1 aromatic carbocycles. The van der Waals surface area contributed by atoms with Crippen LogP contribution in [-0.4, -0.2) is 13.6 Å². The van der Waals surface area contributed by atoms with E-state index in [1.54, 1.807) is 5.56 Å². The summed E-state index contributed by atoms with van der Waals surface area (Å²) in [7, 11) is 2.07. The van der Waals surface area contributed by atoms with Gasteiger partial charge in [0.2, 0.25) is 0 Å². The lowest BCUT2D eigenvalue weighted by atomic mass is 9.33. The Kier molecular flexibility index (Phi) is 2.16. The van der Waals surface area contributed by atoms with Gasteiger partial charge in [0.05, 0.1) is 0 Å². The third-order valence-electron chi connectivity index (χ3n) is 4.67. The second-order valence-electron chi connectivity index (χ2n) is 5.89. The van der Waals surface area contributed by atoms with Crippen LogP contribution in [0.15, 0.2) is 24.3 Å². The van der Waals surface area contributed by atoms with Gasteiger partial charge in [0.25, 0.3) is 0 Å². The van der Waals surface area contributed by atoms with Crippen molar-refractivity contribution in [3.8, 4) is 0 Å². The number of hydrogen-bond acceptors (Lipinski definition) is 1. The third kappa shape index (κ3) is 1.27. The van der Waals surface area contributed by atoms with Crippen molar-refractivity contribution >= 4 is 0 Å². The summed E-state index contributed by atoms with van der Waals surface area (Å²) in [5.41, 5.74) is 4.28. The van der Waals surface area contributed by atoms with Crippen molar-refractivity contribution in [2.75, 3.05) is 13.6 Å². The van der Waals surface area contributed by atoms with Gasteiger partial charge in [-0.1, -0.05) is 31.2 Å². The van der Waals surface area contributed by atoms with E-state index in [-0.39, 0.29) is 0 Å². The quantitative estimate of drug-likeness (QED) is 0.814. The fourth-order valence-electron chi connectivity index (χ4n) is 3.96. The molecule has 3 fully saturated rings. The zero-order chi connectivity index (χ0) is 11.2. The first-order valence-corrected chi connectivity index (χ1v) is 6.46. The molecule has 0 unspecified atom stereocenters. The van der Waals surface area contributed by atoms with Crippen molar-refractivity contribution in [3.63, 3.8) is 0 Å². The molecule has 3 aliphatic carbocycles. The largest absolute Gasteiger partial charge is 0.319 e. The molecule has 0 saturated heterocycles. The van der Waals surface area contributed by atoms with Crippen LogP contribution in [0.3, 0.4) is 0 Å². The van der Waals surface area contributed by atoms with E-state index in [1.807, 2.05) is 0 Å². The van der Waals surface area contributed by atoms with Crippen molar-refractivity contribution in [2.45, 2.75) is 38.0 Å². The highest BCUT2D eigenvalue weighted by Crippen LogP contribution is 2.73. The Morgan fingerprint density at radius 1 is 1.12 bits per heavy atom. The van der Waals surface area contributed by atoms with Crippen LogP contribution in [0.1, 0.15) is 37.3 Å². The van der Waals surface area contributed by atoms with E-state index in [1.165, 1.54) is 31.4 Å². The van der Waals surface area contributed by atoms with E-state index in [2.05, 4.69) is 43.6 Å². The predicted molar refractivity (Wildman–Crippen MR) is 67.7 cm³/mol. The average Bonchev–Trinajstić information content (AvgIpc) is 2.22. The third-order valence-corrected chi connectivity index (χ3v) is 4.67. The van der Waals surface area contributed by atoms with Gasteiger partial charge in [0, 0.05) is 6.54 Å². The molecule has 1 nitrogen and oxygen atoms in total. The number of nitrogens with one attached hydrogen (secondary N) is 1. The lowest BCUT2D eigenvalue weighted by molar-refractivity contribution is -0.137. The summed E-state index contributed by atoms with van der Waals surface area (Å²) >= 11 is 0. The fourth-order valence-corrected chi connectivity index (χ4v) is 3.96. The number of aryl methyl sites for hydroxylation is 1. The molecule has 1 heteroatoms. The van der Waals surface area contributed by atoms with E-state index >= 15 is 0 Å². The van der Waals surface area contributed by atoms with Crippen LogP contribution in [0.2, 0.25) is 0 Å². The molecule has 3 aliphatic rings. The summed E-state index contributed by atoms with van der Waals surface area (Å²) in [6.45, 7) is 3.43. The van der Waals surface area contributed by atoms with Crippen molar-refractivity contribution in [1.29, 1.82) is 0 Å². The summed E-state index contributed by atoms with van der Waals surface area (Å²) in [4.78, 5) is 0. The summed E-state index contributed by atoms with van der Waals surface area (Å²) < 4.78 is 0. The Morgan fingerprint density at radius 2 is 1.75 bits per heavy atom. The summed E-state index contributed by atoms with van der Waals surface area (Å²) in [5.74, 6) is 0.